The van der Waals surface area contributed by atoms with Crippen molar-refractivity contribution < 1.29 is 4.79 Å². The molecule has 1 atom stereocenters. The van der Waals surface area contributed by atoms with Crippen LogP contribution in [-0.4, -0.2) is 26.4 Å². The number of nitrogens with one attached hydrogen (secondary N) is 1. The van der Waals surface area contributed by atoms with E-state index in [0.29, 0.717) is 10.2 Å². The van der Waals surface area contributed by atoms with E-state index >= 15 is 0 Å². The Labute approximate surface area is 174 Å². The maximum absolute atomic E-state index is 12.5. The maximum Gasteiger partial charge on any atom is 0.230 e. The Morgan fingerprint density at radius 3 is 2.64 bits per heavy atom. The molecule has 0 aliphatic heterocycles. The first kappa shape index (κ1) is 20.4. The number of carbonyl (C=O) groups is 1. The summed E-state index contributed by atoms with van der Waals surface area (Å²) in [6, 6.07) is 14.0. The van der Waals surface area contributed by atoms with Gasteiger partial charge in [-0.3, -0.25) is 9.36 Å². The molecule has 1 unspecified atom stereocenters. The van der Waals surface area contributed by atoms with Crippen molar-refractivity contribution >= 4 is 29.3 Å². The average Bonchev–Trinajstić information content (AvgIpc) is 3.16. The summed E-state index contributed by atoms with van der Waals surface area (Å²) in [5.41, 5.74) is 4.20. The Kier molecular flexibility index (Phi) is 6.75. The van der Waals surface area contributed by atoms with E-state index in [0.717, 1.165) is 23.2 Å². The molecule has 1 N–H and O–H groups in total. The van der Waals surface area contributed by atoms with E-state index in [4.69, 9.17) is 11.6 Å². The highest BCUT2D eigenvalue weighted by Gasteiger charge is 2.15. The summed E-state index contributed by atoms with van der Waals surface area (Å²) in [5.74, 6) is 0.231. The number of rotatable bonds is 7. The lowest BCUT2D eigenvalue weighted by Gasteiger charge is -2.17. The molecular weight excluding hydrogens is 392 g/mol. The van der Waals surface area contributed by atoms with Gasteiger partial charge in [-0.25, -0.2) is 0 Å². The van der Waals surface area contributed by atoms with Crippen LogP contribution in [0.3, 0.4) is 0 Å². The third-order valence-electron chi connectivity index (χ3n) is 4.51. The van der Waals surface area contributed by atoms with Gasteiger partial charge < -0.3 is 5.32 Å². The zero-order chi connectivity index (χ0) is 20.1. The minimum absolute atomic E-state index is 0.00229. The molecule has 0 aliphatic rings. The normalized spacial score (nSPS) is 12.0. The summed E-state index contributed by atoms with van der Waals surface area (Å²) in [6.45, 7) is 6.07. The summed E-state index contributed by atoms with van der Waals surface area (Å²) in [4.78, 5) is 12.5. The van der Waals surface area contributed by atoms with Crippen LogP contribution in [0.4, 0.5) is 0 Å². The number of halogens is 1. The van der Waals surface area contributed by atoms with E-state index in [1.807, 2.05) is 29.7 Å². The first-order chi connectivity index (χ1) is 13.5. The Hall–Kier alpha value is -2.31. The van der Waals surface area contributed by atoms with Crippen LogP contribution in [0.25, 0.3) is 5.69 Å². The van der Waals surface area contributed by atoms with E-state index in [1.54, 1.807) is 6.33 Å². The van der Waals surface area contributed by atoms with E-state index in [1.165, 1.54) is 17.3 Å². The van der Waals surface area contributed by atoms with E-state index in [9.17, 15) is 4.79 Å². The van der Waals surface area contributed by atoms with Gasteiger partial charge >= 0.3 is 0 Å². The van der Waals surface area contributed by atoms with Crippen molar-refractivity contribution in [2.45, 2.75) is 38.4 Å². The molecule has 3 rings (SSSR count). The smallest absolute Gasteiger partial charge is 0.230 e. The molecular formula is C21H23ClN4OS. The van der Waals surface area contributed by atoms with E-state index < -0.39 is 0 Å². The molecule has 1 heterocycles. The summed E-state index contributed by atoms with van der Waals surface area (Å²) in [5, 5.41) is 12.6. The molecule has 0 radical (unpaired) electrons. The third kappa shape index (κ3) is 4.94. The highest BCUT2D eigenvalue weighted by molar-refractivity contribution is 7.99. The van der Waals surface area contributed by atoms with Crippen molar-refractivity contribution in [3.05, 3.63) is 70.5 Å². The molecule has 0 saturated carbocycles. The van der Waals surface area contributed by atoms with Crippen molar-refractivity contribution in [1.29, 1.82) is 0 Å². The summed E-state index contributed by atoms with van der Waals surface area (Å²) in [6.07, 6.45) is 2.46. The van der Waals surface area contributed by atoms with Gasteiger partial charge in [-0.15, -0.1) is 10.2 Å². The van der Waals surface area contributed by atoms with Crippen molar-refractivity contribution in [3.8, 4) is 5.69 Å². The molecule has 0 spiro atoms. The second kappa shape index (κ2) is 9.26. The number of aryl methyl sites for hydroxylation is 2. The number of aromatic nitrogens is 3. The van der Waals surface area contributed by atoms with Crippen molar-refractivity contribution in [2.24, 2.45) is 0 Å². The second-order valence-corrected chi connectivity index (χ2v) is 7.99. The van der Waals surface area contributed by atoms with Crippen LogP contribution in [0, 0.1) is 13.8 Å². The number of carbonyl (C=O) groups excluding carboxylic acids is 1. The fraction of sp³-hybridized carbons (Fsp3) is 0.286. The Morgan fingerprint density at radius 1 is 1.21 bits per heavy atom. The van der Waals surface area contributed by atoms with Gasteiger partial charge in [0.05, 0.1) is 17.5 Å². The molecule has 7 heteroatoms. The number of hydrogen-bond donors (Lipinski definition) is 1. The van der Waals surface area contributed by atoms with Gasteiger partial charge in [-0.2, -0.15) is 0 Å². The molecule has 0 aliphatic carbocycles. The van der Waals surface area contributed by atoms with Gasteiger partial charge in [0.1, 0.15) is 6.33 Å². The Bertz CT molecular complexity index is 955. The molecule has 146 valence electrons. The van der Waals surface area contributed by atoms with Crippen molar-refractivity contribution in [1.82, 2.24) is 20.1 Å². The van der Waals surface area contributed by atoms with Crippen LogP contribution in [-0.2, 0) is 4.79 Å². The van der Waals surface area contributed by atoms with Crippen LogP contribution >= 0.6 is 23.4 Å². The van der Waals surface area contributed by atoms with Gasteiger partial charge in [0.2, 0.25) is 5.91 Å². The lowest BCUT2D eigenvalue weighted by Crippen LogP contribution is -2.29. The minimum Gasteiger partial charge on any atom is -0.349 e. The topological polar surface area (TPSA) is 59.8 Å². The van der Waals surface area contributed by atoms with Gasteiger partial charge in [-0.1, -0.05) is 66.2 Å². The predicted molar refractivity (Wildman–Crippen MR) is 114 cm³/mol. The quantitative estimate of drug-likeness (QED) is 0.559. The molecule has 0 saturated heterocycles. The largest absolute Gasteiger partial charge is 0.349 e. The monoisotopic (exact) mass is 414 g/mol. The SMILES string of the molecule is CCC(NC(=O)CSc1nncn1-c1ccc(C)c(Cl)c1)c1ccc(C)cc1. The van der Waals surface area contributed by atoms with E-state index in [-0.39, 0.29) is 17.7 Å². The molecule has 1 aromatic heterocycles. The number of benzene rings is 2. The molecule has 1 amide bonds. The fourth-order valence-corrected chi connectivity index (χ4v) is 3.73. The van der Waals surface area contributed by atoms with Crippen LogP contribution in [0.15, 0.2) is 53.9 Å². The number of thioether (sulfide) groups is 1. The highest BCUT2D eigenvalue weighted by atomic mass is 35.5. The van der Waals surface area contributed by atoms with Crippen molar-refractivity contribution in [3.63, 3.8) is 0 Å². The molecule has 5 nitrogen and oxygen atoms in total. The summed E-state index contributed by atoms with van der Waals surface area (Å²) in [7, 11) is 0. The minimum atomic E-state index is -0.0334. The Balaban J connectivity index is 1.64. The second-order valence-electron chi connectivity index (χ2n) is 6.64. The van der Waals surface area contributed by atoms with Gasteiger partial charge in [0.25, 0.3) is 0 Å². The van der Waals surface area contributed by atoms with E-state index in [2.05, 4.69) is 53.6 Å². The predicted octanol–water partition coefficient (Wildman–Crippen LogP) is 4.90. The van der Waals surface area contributed by atoms with Gasteiger partial charge in [0, 0.05) is 5.02 Å². The Morgan fingerprint density at radius 2 is 1.96 bits per heavy atom. The van der Waals surface area contributed by atoms with Gasteiger partial charge in [0.15, 0.2) is 5.16 Å². The fourth-order valence-electron chi connectivity index (χ4n) is 2.82. The van der Waals surface area contributed by atoms with Crippen molar-refractivity contribution in [2.75, 3.05) is 5.75 Å². The number of amides is 1. The zero-order valence-corrected chi connectivity index (χ0v) is 17.7. The van der Waals surface area contributed by atoms with Crippen LogP contribution < -0.4 is 5.32 Å². The summed E-state index contributed by atoms with van der Waals surface area (Å²) >= 11 is 7.58. The zero-order valence-electron chi connectivity index (χ0n) is 16.1. The van der Waals surface area contributed by atoms with Crippen LogP contribution in [0.5, 0.6) is 0 Å². The lowest BCUT2D eigenvalue weighted by atomic mass is 10.0. The van der Waals surface area contributed by atoms with Crippen LogP contribution in [0.2, 0.25) is 5.02 Å². The lowest BCUT2D eigenvalue weighted by molar-refractivity contribution is -0.119. The number of hydrogen-bond acceptors (Lipinski definition) is 4. The van der Waals surface area contributed by atoms with Gasteiger partial charge in [-0.05, 0) is 43.5 Å². The molecule has 3 aromatic rings. The molecule has 28 heavy (non-hydrogen) atoms. The molecule has 0 bridgehead atoms. The van der Waals surface area contributed by atoms with Crippen LogP contribution in [0.1, 0.15) is 36.1 Å². The molecule has 0 fully saturated rings. The first-order valence-corrected chi connectivity index (χ1v) is 10.5. The maximum atomic E-state index is 12.5. The first-order valence-electron chi connectivity index (χ1n) is 9.13. The number of nitrogens with zero attached hydrogens (tertiary/aromatic N) is 3. The third-order valence-corrected chi connectivity index (χ3v) is 5.86. The standard InChI is InChI=1S/C21H23ClN4OS/c1-4-19(16-8-5-14(2)6-9-16)24-20(27)12-28-21-25-23-13-26(21)17-10-7-15(3)18(22)11-17/h5-11,13,19H,4,12H2,1-3H3,(H,24,27). The average molecular weight is 415 g/mol. The summed E-state index contributed by atoms with van der Waals surface area (Å²) < 4.78 is 1.83. The molecule has 2 aromatic carbocycles. The highest BCUT2D eigenvalue weighted by Crippen LogP contribution is 2.24.